The Morgan fingerprint density at radius 1 is 1.08 bits per heavy atom. The molecule has 1 aliphatic rings. The van der Waals surface area contributed by atoms with Gasteiger partial charge >= 0.3 is 0 Å². The first kappa shape index (κ1) is 8.76. The van der Waals surface area contributed by atoms with Crippen LogP contribution in [0.4, 0.5) is 0 Å². The van der Waals surface area contributed by atoms with Crippen LogP contribution in [-0.2, 0) is 6.54 Å². The van der Waals surface area contributed by atoms with Crippen LogP contribution in [-0.4, -0.2) is 17.6 Å². The Morgan fingerprint density at radius 2 is 1.69 bits per heavy atom. The van der Waals surface area contributed by atoms with E-state index in [0.717, 1.165) is 24.1 Å². The lowest BCUT2D eigenvalue weighted by atomic mass is 10.2. The molecule has 1 radical (unpaired) electrons. The number of hydrogen-bond donors (Lipinski definition) is 0. The summed E-state index contributed by atoms with van der Waals surface area (Å²) < 4.78 is 0.740. The van der Waals surface area contributed by atoms with Crippen LogP contribution in [0.5, 0.6) is 0 Å². The second kappa shape index (κ2) is 3.51. The molecule has 0 spiro atoms. The standard InChI is InChI=1S/C12H16N/c1-13(9-5-6-10-13)11-12-7-3-2-4-8-12/h1-4,7-8H,5-6,9-11H2. The zero-order valence-corrected chi connectivity index (χ0v) is 7.95. The molecule has 2 rings (SSSR count). The molecule has 0 saturated carbocycles. The predicted molar refractivity (Wildman–Crippen MR) is 53.7 cm³/mol. The highest BCUT2D eigenvalue weighted by atomic mass is 15.3. The minimum atomic E-state index is 0.740. The van der Waals surface area contributed by atoms with Gasteiger partial charge in [-0.15, -0.1) is 0 Å². The van der Waals surface area contributed by atoms with E-state index >= 15 is 0 Å². The van der Waals surface area contributed by atoms with Gasteiger partial charge in [-0.1, -0.05) is 30.3 Å². The summed E-state index contributed by atoms with van der Waals surface area (Å²) in [5, 5.41) is 0. The zero-order chi connectivity index (χ0) is 9.15. The van der Waals surface area contributed by atoms with Crippen molar-refractivity contribution in [3.63, 3.8) is 0 Å². The molecule has 0 atom stereocenters. The SMILES string of the molecule is [CH-][N+]1(Cc2ccccc2)CCCC1. The van der Waals surface area contributed by atoms with Crippen LogP contribution in [0.2, 0.25) is 0 Å². The van der Waals surface area contributed by atoms with E-state index in [1.54, 1.807) is 0 Å². The Kier molecular flexibility index (Phi) is 2.36. The van der Waals surface area contributed by atoms with Crippen molar-refractivity contribution in [2.75, 3.05) is 13.1 Å². The van der Waals surface area contributed by atoms with Crippen molar-refractivity contribution in [1.29, 1.82) is 0 Å². The lowest BCUT2D eigenvalue weighted by Gasteiger charge is -2.39. The largest absolute Gasteiger partial charge is 0.473 e. The van der Waals surface area contributed by atoms with E-state index in [0.29, 0.717) is 0 Å². The van der Waals surface area contributed by atoms with Crippen LogP contribution in [0.15, 0.2) is 30.3 Å². The summed E-state index contributed by atoms with van der Waals surface area (Å²) in [5.41, 5.74) is 1.35. The topological polar surface area (TPSA) is 0 Å². The monoisotopic (exact) mass is 174 g/mol. The lowest BCUT2D eigenvalue weighted by Crippen LogP contribution is -2.37. The van der Waals surface area contributed by atoms with Crippen LogP contribution < -0.4 is 0 Å². The van der Waals surface area contributed by atoms with Gasteiger partial charge in [-0.2, -0.15) is 0 Å². The summed E-state index contributed by atoms with van der Waals surface area (Å²) in [5.74, 6) is 0. The van der Waals surface area contributed by atoms with Gasteiger partial charge in [-0.05, 0) is 12.8 Å². The quantitative estimate of drug-likeness (QED) is 0.477. The Morgan fingerprint density at radius 3 is 2.31 bits per heavy atom. The molecule has 13 heavy (non-hydrogen) atoms. The molecule has 69 valence electrons. The number of likely N-dealkylation sites (tertiary alicyclic amines) is 1. The van der Waals surface area contributed by atoms with Crippen molar-refractivity contribution >= 4 is 0 Å². The van der Waals surface area contributed by atoms with Crippen LogP contribution in [0.3, 0.4) is 0 Å². The van der Waals surface area contributed by atoms with E-state index in [9.17, 15) is 0 Å². The molecule has 0 unspecified atom stereocenters. The maximum atomic E-state index is 6.23. The molecule has 1 heterocycles. The highest BCUT2D eigenvalue weighted by molar-refractivity contribution is 5.13. The van der Waals surface area contributed by atoms with Crippen molar-refractivity contribution in [3.8, 4) is 0 Å². The van der Waals surface area contributed by atoms with E-state index in [-0.39, 0.29) is 0 Å². The molecule has 1 aromatic rings. The van der Waals surface area contributed by atoms with E-state index < -0.39 is 0 Å². The smallest absolute Gasteiger partial charge is 0.0788 e. The fourth-order valence-corrected chi connectivity index (χ4v) is 2.07. The minimum Gasteiger partial charge on any atom is -0.473 e. The molecule has 1 nitrogen and oxygen atoms in total. The molecule has 0 aliphatic carbocycles. The Bertz CT molecular complexity index is 260. The highest BCUT2D eigenvalue weighted by Gasteiger charge is 2.19. The first-order chi connectivity index (χ1) is 6.29. The summed E-state index contributed by atoms with van der Waals surface area (Å²) in [7, 11) is 6.23. The van der Waals surface area contributed by atoms with Crippen molar-refractivity contribution in [3.05, 3.63) is 42.9 Å². The van der Waals surface area contributed by atoms with E-state index in [1.165, 1.54) is 18.4 Å². The maximum absolute atomic E-state index is 6.23. The molecule has 1 heteroatoms. The van der Waals surface area contributed by atoms with Crippen molar-refractivity contribution in [2.45, 2.75) is 19.4 Å². The molecular weight excluding hydrogens is 158 g/mol. The van der Waals surface area contributed by atoms with Crippen molar-refractivity contribution < 1.29 is 4.48 Å². The average molecular weight is 174 g/mol. The third-order valence-electron chi connectivity index (χ3n) is 2.80. The highest BCUT2D eigenvalue weighted by Crippen LogP contribution is 2.21. The molecule has 0 N–H and O–H groups in total. The molecule has 1 saturated heterocycles. The predicted octanol–water partition coefficient (Wildman–Crippen LogP) is 2.47. The van der Waals surface area contributed by atoms with Gasteiger partial charge in [-0.25, -0.2) is 7.05 Å². The van der Waals surface area contributed by atoms with Gasteiger partial charge in [0.05, 0.1) is 19.6 Å². The Hall–Kier alpha value is -0.820. The van der Waals surface area contributed by atoms with Crippen molar-refractivity contribution in [1.82, 2.24) is 0 Å². The molecule has 1 aromatic carbocycles. The van der Waals surface area contributed by atoms with Crippen LogP contribution in [0.25, 0.3) is 0 Å². The molecule has 1 fully saturated rings. The summed E-state index contributed by atoms with van der Waals surface area (Å²) >= 11 is 0. The number of rotatable bonds is 2. The Balaban J connectivity index is 2.05. The average Bonchev–Trinajstić information content (AvgIpc) is 2.54. The molecule has 1 aliphatic heterocycles. The molecule has 0 aromatic heterocycles. The van der Waals surface area contributed by atoms with Gasteiger partial charge in [0.2, 0.25) is 0 Å². The number of hydrogen-bond acceptors (Lipinski definition) is 0. The number of benzene rings is 1. The molecular formula is C12H16N. The van der Waals surface area contributed by atoms with E-state index in [2.05, 4.69) is 24.3 Å². The van der Waals surface area contributed by atoms with Gasteiger partial charge in [0.15, 0.2) is 0 Å². The summed E-state index contributed by atoms with van der Waals surface area (Å²) in [6.07, 6.45) is 2.56. The van der Waals surface area contributed by atoms with Gasteiger partial charge in [0, 0.05) is 5.56 Å². The van der Waals surface area contributed by atoms with E-state index in [4.69, 9.17) is 7.05 Å². The molecule has 0 amide bonds. The maximum Gasteiger partial charge on any atom is 0.0788 e. The van der Waals surface area contributed by atoms with Gasteiger partial charge in [0.25, 0.3) is 0 Å². The summed E-state index contributed by atoms with van der Waals surface area (Å²) in [6.45, 7) is 3.25. The van der Waals surface area contributed by atoms with Gasteiger partial charge < -0.3 is 4.48 Å². The van der Waals surface area contributed by atoms with Crippen LogP contribution in [0.1, 0.15) is 18.4 Å². The van der Waals surface area contributed by atoms with Crippen LogP contribution in [0, 0.1) is 7.05 Å². The van der Waals surface area contributed by atoms with Gasteiger partial charge in [-0.3, -0.25) is 0 Å². The van der Waals surface area contributed by atoms with Gasteiger partial charge in [0.1, 0.15) is 0 Å². The lowest BCUT2D eigenvalue weighted by molar-refractivity contribution is -0.887. The number of quaternary nitrogens is 1. The third-order valence-corrected chi connectivity index (χ3v) is 2.80. The Labute approximate surface area is 80.6 Å². The summed E-state index contributed by atoms with van der Waals surface area (Å²) in [4.78, 5) is 0. The van der Waals surface area contributed by atoms with Crippen LogP contribution >= 0.6 is 0 Å². The zero-order valence-electron chi connectivity index (χ0n) is 7.95. The molecule has 0 bridgehead atoms. The fourth-order valence-electron chi connectivity index (χ4n) is 2.07. The summed E-state index contributed by atoms with van der Waals surface area (Å²) in [6, 6.07) is 10.5. The second-order valence-electron chi connectivity index (χ2n) is 4.02. The third kappa shape index (κ3) is 2.10. The minimum absolute atomic E-state index is 0.740. The van der Waals surface area contributed by atoms with Crippen molar-refractivity contribution in [2.24, 2.45) is 0 Å². The normalized spacial score (nSPS) is 20.4. The van der Waals surface area contributed by atoms with E-state index in [1.807, 2.05) is 6.07 Å². The second-order valence-corrected chi connectivity index (χ2v) is 4.02. The first-order valence-electron chi connectivity index (χ1n) is 4.97. The number of nitrogens with zero attached hydrogens (tertiary/aromatic N) is 1. The fraction of sp³-hybridized carbons (Fsp3) is 0.417. The first-order valence-corrected chi connectivity index (χ1v) is 4.97.